The number of fused-ring (bicyclic) bond motifs is 1. The highest BCUT2D eigenvalue weighted by Gasteiger charge is 2.17. The molecule has 1 amide bonds. The van der Waals surface area contributed by atoms with Crippen LogP contribution in [0.15, 0.2) is 47.3 Å². The van der Waals surface area contributed by atoms with Crippen LogP contribution in [-0.4, -0.2) is 40.6 Å². The van der Waals surface area contributed by atoms with Gasteiger partial charge in [0, 0.05) is 29.6 Å². The highest BCUT2D eigenvalue weighted by atomic mass is 35.5. The fourth-order valence-corrected chi connectivity index (χ4v) is 2.98. The quantitative estimate of drug-likeness (QED) is 0.622. The molecule has 0 saturated carbocycles. The monoisotopic (exact) mass is 417 g/mol. The number of carbonyl (C=O) groups is 2. The number of rotatable bonds is 6. The van der Waals surface area contributed by atoms with Gasteiger partial charge in [-0.1, -0.05) is 35.9 Å². The number of aromatic nitrogens is 2. The Hall–Kier alpha value is -3.26. The number of amides is 1. The van der Waals surface area contributed by atoms with Crippen LogP contribution >= 0.6 is 11.6 Å². The van der Waals surface area contributed by atoms with Gasteiger partial charge in [-0.3, -0.25) is 14.4 Å². The van der Waals surface area contributed by atoms with Crippen molar-refractivity contribution >= 4 is 34.2 Å². The molecule has 0 atom stereocenters. The number of aromatic amines is 1. The standard InChI is InChI=1S/C20H17ClFN3O4/c1-25(10-14-15(21)7-4-8-16(14)22)18(26)11-29-19(27)9-17-12-5-2-3-6-13(12)20(28)24-23-17/h2-8H,9-11H2,1H3,(H,24,28). The number of benzene rings is 2. The van der Waals surface area contributed by atoms with Crippen LogP contribution in [0.2, 0.25) is 5.02 Å². The average Bonchev–Trinajstić information content (AvgIpc) is 2.71. The second-order valence-electron chi connectivity index (χ2n) is 6.33. The minimum Gasteiger partial charge on any atom is -0.455 e. The molecule has 0 radical (unpaired) electrons. The minimum absolute atomic E-state index is 0.0615. The maximum absolute atomic E-state index is 13.8. The van der Waals surface area contributed by atoms with E-state index in [0.29, 0.717) is 16.5 Å². The van der Waals surface area contributed by atoms with Gasteiger partial charge in [-0.25, -0.2) is 9.49 Å². The third kappa shape index (κ3) is 4.78. The Labute approximate surface area is 170 Å². The number of nitrogens with zero attached hydrogens (tertiary/aromatic N) is 2. The van der Waals surface area contributed by atoms with Gasteiger partial charge in [-0.05, 0) is 18.2 Å². The lowest BCUT2D eigenvalue weighted by Gasteiger charge is -2.18. The van der Waals surface area contributed by atoms with Crippen molar-refractivity contribution in [1.82, 2.24) is 15.1 Å². The zero-order chi connectivity index (χ0) is 21.0. The first kappa shape index (κ1) is 20.5. The largest absolute Gasteiger partial charge is 0.455 e. The van der Waals surface area contributed by atoms with Gasteiger partial charge >= 0.3 is 5.97 Å². The Balaban J connectivity index is 1.60. The smallest absolute Gasteiger partial charge is 0.312 e. The van der Waals surface area contributed by atoms with Crippen molar-refractivity contribution in [1.29, 1.82) is 0 Å². The van der Waals surface area contributed by atoms with Crippen molar-refractivity contribution in [2.75, 3.05) is 13.7 Å². The van der Waals surface area contributed by atoms with Gasteiger partial charge in [0.2, 0.25) is 0 Å². The second kappa shape index (κ2) is 8.83. The highest BCUT2D eigenvalue weighted by Crippen LogP contribution is 2.20. The van der Waals surface area contributed by atoms with Crippen LogP contribution in [0, 0.1) is 5.82 Å². The van der Waals surface area contributed by atoms with E-state index in [-0.39, 0.29) is 29.1 Å². The molecule has 3 aromatic rings. The Bertz CT molecular complexity index is 1110. The molecule has 1 N–H and O–H groups in total. The summed E-state index contributed by atoms with van der Waals surface area (Å²) < 4.78 is 18.9. The first-order chi connectivity index (χ1) is 13.9. The van der Waals surface area contributed by atoms with Gasteiger partial charge in [0.05, 0.1) is 17.5 Å². The zero-order valence-corrected chi connectivity index (χ0v) is 16.2. The molecule has 1 heterocycles. The Morgan fingerprint density at radius 1 is 1.17 bits per heavy atom. The molecular formula is C20H17ClFN3O4. The van der Waals surface area contributed by atoms with Crippen LogP contribution in [0.1, 0.15) is 11.3 Å². The lowest BCUT2D eigenvalue weighted by atomic mass is 10.1. The molecule has 150 valence electrons. The molecule has 0 saturated heterocycles. The molecule has 2 aromatic carbocycles. The predicted molar refractivity (Wildman–Crippen MR) is 105 cm³/mol. The van der Waals surface area contributed by atoms with Gasteiger partial charge in [-0.2, -0.15) is 5.10 Å². The second-order valence-corrected chi connectivity index (χ2v) is 6.74. The fraction of sp³-hybridized carbons (Fsp3) is 0.200. The lowest BCUT2D eigenvalue weighted by Crippen LogP contribution is -2.31. The topological polar surface area (TPSA) is 92.4 Å². The van der Waals surface area contributed by atoms with Crippen LogP contribution in [0.3, 0.4) is 0 Å². The van der Waals surface area contributed by atoms with E-state index in [9.17, 15) is 18.8 Å². The van der Waals surface area contributed by atoms with Gasteiger partial charge in [0.1, 0.15) is 5.82 Å². The molecule has 0 spiro atoms. The number of halogens is 2. The summed E-state index contributed by atoms with van der Waals surface area (Å²) in [4.78, 5) is 37.3. The number of H-pyrrole nitrogens is 1. The SMILES string of the molecule is CN(Cc1c(F)cccc1Cl)C(=O)COC(=O)Cc1n[nH]c(=O)c2ccccc12. The zero-order valence-electron chi connectivity index (χ0n) is 15.4. The molecule has 0 unspecified atom stereocenters. The van der Waals surface area contributed by atoms with E-state index in [1.807, 2.05) is 0 Å². The molecule has 7 nitrogen and oxygen atoms in total. The molecule has 29 heavy (non-hydrogen) atoms. The summed E-state index contributed by atoms with van der Waals surface area (Å²) in [5.74, 6) is -1.72. The first-order valence-electron chi connectivity index (χ1n) is 8.65. The van der Waals surface area contributed by atoms with E-state index in [4.69, 9.17) is 16.3 Å². The number of carbonyl (C=O) groups excluding carboxylic acids is 2. The van der Waals surface area contributed by atoms with Crippen molar-refractivity contribution in [2.24, 2.45) is 0 Å². The Morgan fingerprint density at radius 3 is 2.62 bits per heavy atom. The van der Waals surface area contributed by atoms with Crippen LogP contribution in [0.5, 0.6) is 0 Å². The normalized spacial score (nSPS) is 10.7. The summed E-state index contributed by atoms with van der Waals surface area (Å²) in [5, 5.41) is 7.37. The maximum Gasteiger partial charge on any atom is 0.312 e. The molecular weight excluding hydrogens is 401 g/mol. The minimum atomic E-state index is -0.680. The van der Waals surface area contributed by atoms with E-state index in [2.05, 4.69) is 10.2 Å². The molecule has 0 fully saturated rings. The molecule has 0 aliphatic heterocycles. The summed E-state index contributed by atoms with van der Waals surface area (Å²) >= 11 is 5.96. The summed E-state index contributed by atoms with van der Waals surface area (Å²) in [6, 6.07) is 11.0. The molecule has 0 aliphatic carbocycles. The highest BCUT2D eigenvalue weighted by molar-refractivity contribution is 6.31. The molecule has 1 aromatic heterocycles. The summed E-state index contributed by atoms with van der Waals surface area (Å²) in [5.41, 5.74) is 0.158. The Morgan fingerprint density at radius 2 is 1.90 bits per heavy atom. The van der Waals surface area contributed by atoms with Crippen LogP contribution in [-0.2, 0) is 27.3 Å². The van der Waals surface area contributed by atoms with E-state index in [1.165, 1.54) is 30.1 Å². The average molecular weight is 418 g/mol. The van der Waals surface area contributed by atoms with E-state index >= 15 is 0 Å². The summed E-state index contributed by atoms with van der Waals surface area (Å²) in [7, 11) is 1.45. The number of ether oxygens (including phenoxy) is 1. The Kier molecular flexibility index (Phi) is 6.23. The lowest BCUT2D eigenvalue weighted by molar-refractivity contribution is -0.151. The third-order valence-electron chi connectivity index (χ3n) is 4.33. The number of likely N-dealkylation sites (N-methyl/N-ethyl adjacent to an activating group) is 1. The van der Waals surface area contributed by atoms with Gasteiger partial charge in [-0.15, -0.1) is 0 Å². The summed E-state index contributed by atoms with van der Waals surface area (Å²) in [6.45, 7) is -0.573. The van der Waals surface area contributed by atoms with E-state index in [1.54, 1.807) is 24.3 Å². The van der Waals surface area contributed by atoms with Crippen LogP contribution in [0.25, 0.3) is 10.8 Å². The summed E-state index contributed by atoms with van der Waals surface area (Å²) in [6.07, 6.45) is -0.215. The van der Waals surface area contributed by atoms with Crippen LogP contribution in [0.4, 0.5) is 4.39 Å². The van der Waals surface area contributed by atoms with Gasteiger partial charge in [0.15, 0.2) is 6.61 Å². The van der Waals surface area contributed by atoms with Crippen molar-refractivity contribution in [3.63, 3.8) is 0 Å². The van der Waals surface area contributed by atoms with Gasteiger partial charge in [0.25, 0.3) is 11.5 Å². The number of hydrogen-bond acceptors (Lipinski definition) is 5. The number of esters is 1. The third-order valence-corrected chi connectivity index (χ3v) is 4.68. The number of nitrogens with one attached hydrogen (secondary N) is 1. The van der Waals surface area contributed by atoms with Gasteiger partial charge < -0.3 is 9.64 Å². The van der Waals surface area contributed by atoms with E-state index < -0.39 is 24.3 Å². The van der Waals surface area contributed by atoms with E-state index in [0.717, 1.165) is 0 Å². The van der Waals surface area contributed by atoms with Crippen LogP contribution < -0.4 is 5.56 Å². The van der Waals surface area contributed by atoms with Crippen molar-refractivity contribution in [3.05, 3.63) is 74.9 Å². The first-order valence-corrected chi connectivity index (χ1v) is 9.03. The molecule has 3 rings (SSSR count). The molecule has 9 heteroatoms. The predicted octanol–water partition coefficient (Wildman–Crippen LogP) is 2.46. The number of hydrogen-bond donors (Lipinski definition) is 1. The van der Waals surface area contributed by atoms with Crippen molar-refractivity contribution in [2.45, 2.75) is 13.0 Å². The van der Waals surface area contributed by atoms with Crippen molar-refractivity contribution in [3.8, 4) is 0 Å². The molecule has 0 bridgehead atoms. The maximum atomic E-state index is 13.8. The van der Waals surface area contributed by atoms with Crippen molar-refractivity contribution < 1.29 is 18.7 Å². The molecule has 0 aliphatic rings. The fourth-order valence-electron chi connectivity index (χ4n) is 2.76.